The molecule has 1 aromatic carbocycles. The normalized spacial score (nSPS) is 23.8. The lowest BCUT2D eigenvalue weighted by molar-refractivity contribution is 0.352. The summed E-state index contributed by atoms with van der Waals surface area (Å²) < 4.78 is 11.2. The van der Waals surface area contributed by atoms with Gasteiger partial charge in [-0.3, -0.25) is 0 Å². The van der Waals surface area contributed by atoms with Crippen molar-refractivity contribution in [1.29, 1.82) is 0 Å². The minimum Gasteiger partial charge on any atom is -0.496 e. The van der Waals surface area contributed by atoms with Crippen LogP contribution in [-0.4, -0.2) is 19.3 Å². The quantitative estimate of drug-likeness (QED) is 0.735. The summed E-state index contributed by atoms with van der Waals surface area (Å²) in [5, 5.41) is 0. The van der Waals surface area contributed by atoms with Crippen molar-refractivity contribution in [3.05, 3.63) is 28.8 Å². The van der Waals surface area contributed by atoms with E-state index >= 15 is 0 Å². The SMILES string of the molecule is CCC(CC1OC1C)c1cc(C)cc(C)c1OC. The maximum atomic E-state index is 5.60. The molecule has 0 radical (unpaired) electrons. The Morgan fingerprint density at radius 2 is 2.00 bits per heavy atom. The van der Waals surface area contributed by atoms with Crippen LogP contribution >= 0.6 is 0 Å². The van der Waals surface area contributed by atoms with Gasteiger partial charge in [-0.05, 0) is 50.7 Å². The molecular weight excluding hydrogens is 224 g/mol. The van der Waals surface area contributed by atoms with E-state index in [9.17, 15) is 0 Å². The summed E-state index contributed by atoms with van der Waals surface area (Å²) in [6.07, 6.45) is 3.12. The lowest BCUT2D eigenvalue weighted by Crippen LogP contribution is -2.06. The van der Waals surface area contributed by atoms with E-state index in [1.165, 1.54) is 16.7 Å². The van der Waals surface area contributed by atoms with E-state index in [0.29, 0.717) is 18.1 Å². The molecule has 0 aliphatic carbocycles. The highest BCUT2D eigenvalue weighted by Gasteiger charge is 2.36. The predicted octanol–water partition coefficient (Wildman–Crippen LogP) is 3.98. The minimum atomic E-state index is 0.441. The van der Waals surface area contributed by atoms with Gasteiger partial charge in [-0.25, -0.2) is 0 Å². The average molecular weight is 248 g/mol. The Kier molecular flexibility index (Phi) is 3.96. The van der Waals surface area contributed by atoms with Crippen LogP contribution in [0.2, 0.25) is 0 Å². The Labute approximate surface area is 110 Å². The van der Waals surface area contributed by atoms with E-state index in [0.717, 1.165) is 18.6 Å². The number of benzene rings is 1. The van der Waals surface area contributed by atoms with E-state index in [1.807, 2.05) is 0 Å². The molecule has 3 unspecified atom stereocenters. The van der Waals surface area contributed by atoms with Gasteiger partial charge in [-0.1, -0.05) is 24.6 Å². The molecule has 3 atom stereocenters. The van der Waals surface area contributed by atoms with Gasteiger partial charge < -0.3 is 9.47 Å². The molecule has 0 bridgehead atoms. The van der Waals surface area contributed by atoms with Crippen molar-refractivity contribution in [2.45, 2.75) is 58.7 Å². The van der Waals surface area contributed by atoms with Crippen LogP contribution in [0.1, 0.15) is 49.3 Å². The highest BCUT2D eigenvalue weighted by molar-refractivity contribution is 5.45. The smallest absolute Gasteiger partial charge is 0.125 e. The number of hydrogen-bond acceptors (Lipinski definition) is 2. The van der Waals surface area contributed by atoms with Crippen LogP contribution in [0.4, 0.5) is 0 Å². The van der Waals surface area contributed by atoms with Gasteiger partial charge in [-0.2, -0.15) is 0 Å². The van der Waals surface area contributed by atoms with Crippen LogP contribution in [0.15, 0.2) is 12.1 Å². The van der Waals surface area contributed by atoms with Crippen LogP contribution in [0.25, 0.3) is 0 Å². The first-order chi connectivity index (χ1) is 8.56. The Balaban J connectivity index is 2.28. The molecule has 0 amide bonds. The largest absolute Gasteiger partial charge is 0.496 e. The molecule has 0 saturated carbocycles. The summed E-state index contributed by atoms with van der Waals surface area (Å²) in [6.45, 7) is 8.67. The van der Waals surface area contributed by atoms with E-state index in [1.54, 1.807) is 7.11 Å². The fourth-order valence-electron chi connectivity index (χ4n) is 2.84. The molecule has 0 spiro atoms. The predicted molar refractivity (Wildman–Crippen MR) is 74.5 cm³/mol. The van der Waals surface area contributed by atoms with E-state index < -0.39 is 0 Å². The summed E-state index contributed by atoms with van der Waals surface area (Å²) in [4.78, 5) is 0. The maximum Gasteiger partial charge on any atom is 0.125 e. The molecule has 18 heavy (non-hydrogen) atoms. The number of ether oxygens (including phenoxy) is 2. The molecule has 2 nitrogen and oxygen atoms in total. The second-order valence-corrected chi connectivity index (χ2v) is 5.42. The van der Waals surface area contributed by atoms with E-state index in [2.05, 4.69) is 39.8 Å². The van der Waals surface area contributed by atoms with Gasteiger partial charge in [0, 0.05) is 0 Å². The van der Waals surface area contributed by atoms with Gasteiger partial charge >= 0.3 is 0 Å². The number of epoxide rings is 1. The van der Waals surface area contributed by atoms with Gasteiger partial charge in [0.25, 0.3) is 0 Å². The first kappa shape index (κ1) is 13.4. The molecule has 2 rings (SSSR count). The molecule has 1 heterocycles. The first-order valence-corrected chi connectivity index (χ1v) is 6.87. The lowest BCUT2D eigenvalue weighted by Gasteiger charge is -2.20. The number of methoxy groups -OCH3 is 1. The van der Waals surface area contributed by atoms with Crippen LogP contribution in [0.5, 0.6) is 5.75 Å². The molecule has 1 aliphatic rings. The topological polar surface area (TPSA) is 21.8 Å². The monoisotopic (exact) mass is 248 g/mol. The highest BCUT2D eigenvalue weighted by atomic mass is 16.6. The molecule has 1 fully saturated rings. The number of aryl methyl sites for hydroxylation is 2. The third-order valence-electron chi connectivity index (χ3n) is 3.94. The summed E-state index contributed by atoms with van der Waals surface area (Å²) in [5.74, 6) is 1.59. The van der Waals surface area contributed by atoms with Crippen molar-refractivity contribution >= 4 is 0 Å². The van der Waals surface area contributed by atoms with Crippen LogP contribution in [0, 0.1) is 13.8 Å². The molecule has 0 aromatic heterocycles. The standard InChI is InChI=1S/C16H24O2/c1-6-13(9-15-12(4)18-15)14-8-10(2)7-11(3)16(14)17-5/h7-8,12-13,15H,6,9H2,1-5H3. The van der Waals surface area contributed by atoms with Gasteiger partial charge in [0.15, 0.2) is 0 Å². The molecule has 1 aromatic rings. The Hall–Kier alpha value is -1.02. The van der Waals surface area contributed by atoms with Crippen molar-refractivity contribution in [3.8, 4) is 5.75 Å². The van der Waals surface area contributed by atoms with Crippen molar-refractivity contribution in [1.82, 2.24) is 0 Å². The molecule has 0 N–H and O–H groups in total. The molecule has 1 aliphatic heterocycles. The fourth-order valence-corrected chi connectivity index (χ4v) is 2.84. The highest BCUT2D eigenvalue weighted by Crippen LogP contribution is 2.39. The first-order valence-electron chi connectivity index (χ1n) is 6.87. The summed E-state index contributed by atoms with van der Waals surface area (Å²) in [5.41, 5.74) is 3.89. The summed E-state index contributed by atoms with van der Waals surface area (Å²) in [6, 6.07) is 4.46. The maximum absolute atomic E-state index is 5.60. The second kappa shape index (κ2) is 5.31. The Bertz CT molecular complexity index is 425. The van der Waals surface area contributed by atoms with E-state index in [-0.39, 0.29) is 0 Å². The second-order valence-electron chi connectivity index (χ2n) is 5.42. The van der Waals surface area contributed by atoms with Gasteiger partial charge in [0.05, 0.1) is 19.3 Å². The number of hydrogen-bond donors (Lipinski definition) is 0. The molecular formula is C16H24O2. The zero-order chi connectivity index (χ0) is 13.3. The summed E-state index contributed by atoms with van der Waals surface area (Å²) in [7, 11) is 1.77. The van der Waals surface area contributed by atoms with Crippen molar-refractivity contribution in [2.24, 2.45) is 0 Å². The molecule has 2 heteroatoms. The zero-order valence-corrected chi connectivity index (χ0v) is 12.1. The van der Waals surface area contributed by atoms with E-state index in [4.69, 9.17) is 9.47 Å². The Morgan fingerprint density at radius 1 is 1.33 bits per heavy atom. The van der Waals surface area contributed by atoms with Gasteiger partial charge in [0.1, 0.15) is 5.75 Å². The average Bonchev–Trinajstić information content (AvgIpc) is 3.01. The van der Waals surface area contributed by atoms with Crippen LogP contribution in [0.3, 0.4) is 0 Å². The van der Waals surface area contributed by atoms with Crippen molar-refractivity contribution in [3.63, 3.8) is 0 Å². The minimum absolute atomic E-state index is 0.441. The number of rotatable bonds is 5. The van der Waals surface area contributed by atoms with Crippen LogP contribution < -0.4 is 4.74 Å². The molecule has 100 valence electrons. The summed E-state index contributed by atoms with van der Waals surface area (Å²) >= 11 is 0. The zero-order valence-electron chi connectivity index (χ0n) is 12.1. The molecule has 1 saturated heterocycles. The van der Waals surface area contributed by atoms with Gasteiger partial charge in [0.2, 0.25) is 0 Å². The Morgan fingerprint density at radius 3 is 2.50 bits per heavy atom. The fraction of sp³-hybridized carbons (Fsp3) is 0.625. The lowest BCUT2D eigenvalue weighted by atomic mass is 9.88. The van der Waals surface area contributed by atoms with Crippen molar-refractivity contribution < 1.29 is 9.47 Å². The van der Waals surface area contributed by atoms with Crippen molar-refractivity contribution in [2.75, 3.05) is 7.11 Å². The van der Waals surface area contributed by atoms with Gasteiger partial charge in [-0.15, -0.1) is 0 Å². The third kappa shape index (κ3) is 2.69. The third-order valence-corrected chi connectivity index (χ3v) is 3.94. The van der Waals surface area contributed by atoms with Crippen LogP contribution in [-0.2, 0) is 4.74 Å².